The van der Waals surface area contributed by atoms with Gasteiger partial charge in [0.25, 0.3) is 0 Å². The Morgan fingerprint density at radius 3 is 2.60 bits per heavy atom. The van der Waals surface area contributed by atoms with Crippen molar-refractivity contribution in [3.63, 3.8) is 0 Å². The predicted molar refractivity (Wildman–Crippen MR) is 76.9 cm³/mol. The zero-order valence-corrected chi connectivity index (χ0v) is 12.5. The van der Waals surface area contributed by atoms with Gasteiger partial charge in [-0.05, 0) is 11.6 Å². The van der Waals surface area contributed by atoms with E-state index in [2.05, 4.69) is 4.98 Å². The van der Waals surface area contributed by atoms with E-state index in [0.717, 1.165) is 11.3 Å². The molecule has 106 valence electrons. The van der Waals surface area contributed by atoms with Gasteiger partial charge >= 0.3 is 5.97 Å². The van der Waals surface area contributed by atoms with Gasteiger partial charge in [-0.15, -0.1) is 11.3 Å². The number of carbonyl (C=O) groups is 1. The number of halogens is 1. The van der Waals surface area contributed by atoms with Gasteiger partial charge in [0, 0.05) is 10.4 Å². The second-order valence-corrected chi connectivity index (χ2v) is 7.40. The minimum atomic E-state index is -3.46. The summed E-state index contributed by atoms with van der Waals surface area (Å²) >= 11 is 6.83. The molecule has 0 fully saturated rings. The molecule has 1 aromatic carbocycles. The van der Waals surface area contributed by atoms with Gasteiger partial charge < -0.3 is 5.11 Å². The first kappa shape index (κ1) is 15.0. The molecule has 1 N–H and O–H groups in total. The van der Waals surface area contributed by atoms with E-state index < -0.39 is 15.8 Å². The van der Waals surface area contributed by atoms with E-state index in [4.69, 9.17) is 16.7 Å². The van der Waals surface area contributed by atoms with Crippen LogP contribution in [0.15, 0.2) is 29.6 Å². The summed E-state index contributed by atoms with van der Waals surface area (Å²) in [5, 5.41) is 10.5. The highest BCUT2D eigenvalue weighted by atomic mass is 35.5. The Balaban J connectivity index is 2.15. The molecular weight excluding hydrogens is 322 g/mol. The average molecular weight is 332 g/mol. The molecule has 1 aromatic heterocycles. The maximum absolute atomic E-state index is 12.1. The summed E-state index contributed by atoms with van der Waals surface area (Å²) in [6.07, 6.45) is 0. The van der Waals surface area contributed by atoms with Crippen LogP contribution in [0.4, 0.5) is 0 Å². The van der Waals surface area contributed by atoms with Crippen LogP contribution in [0.3, 0.4) is 0 Å². The highest BCUT2D eigenvalue weighted by molar-refractivity contribution is 7.89. The van der Waals surface area contributed by atoms with Crippen LogP contribution >= 0.6 is 22.9 Å². The third-order valence-electron chi connectivity index (χ3n) is 2.44. The Hall–Kier alpha value is -1.44. The predicted octanol–water partition coefficient (Wildman–Crippen LogP) is 2.61. The standard InChI is InChI=1S/C12H10ClNO4S2/c13-10-4-2-1-3-8(10)6-20(17,18)7-9-5-19-11(14-9)12(15)16/h1-5H,6-7H2,(H,15,16). The van der Waals surface area contributed by atoms with E-state index in [-0.39, 0.29) is 22.2 Å². The highest BCUT2D eigenvalue weighted by Crippen LogP contribution is 2.20. The molecule has 0 amide bonds. The lowest BCUT2D eigenvalue weighted by atomic mass is 10.2. The first-order valence-corrected chi connectivity index (χ1v) is 8.57. The molecule has 0 atom stereocenters. The Bertz CT molecular complexity index is 739. The third-order valence-corrected chi connectivity index (χ3v) is 5.17. The molecule has 2 aromatic rings. The average Bonchev–Trinajstić information content (AvgIpc) is 2.79. The quantitative estimate of drug-likeness (QED) is 0.910. The minimum absolute atomic E-state index is 0.118. The molecule has 5 nitrogen and oxygen atoms in total. The van der Waals surface area contributed by atoms with Crippen molar-refractivity contribution in [2.45, 2.75) is 11.5 Å². The lowest BCUT2D eigenvalue weighted by Gasteiger charge is -2.04. The SMILES string of the molecule is O=C(O)c1nc(CS(=O)(=O)Cc2ccccc2Cl)cs1. The van der Waals surface area contributed by atoms with Crippen molar-refractivity contribution in [3.8, 4) is 0 Å². The summed E-state index contributed by atoms with van der Waals surface area (Å²) in [5.74, 6) is -1.67. The van der Waals surface area contributed by atoms with E-state index in [1.807, 2.05) is 0 Å². The first-order valence-electron chi connectivity index (χ1n) is 5.49. The number of thiazole rings is 1. The van der Waals surface area contributed by atoms with E-state index in [0.29, 0.717) is 10.6 Å². The summed E-state index contributed by atoms with van der Waals surface area (Å²) in [5.41, 5.74) is 0.752. The van der Waals surface area contributed by atoms with Crippen molar-refractivity contribution < 1.29 is 18.3 Å². The molecule has 0 aliphatic rings. The Labute approximate surface area is 124 Å². The van der Waals surface area contributed by atoms with Crippen molar-refractivity contribution in [3.05, 3.63) is 50.9 Å². The number of aromatic nitrogens is 1. The van der Waals surface area contributed by atoms with Gasteiger partial charge in [-0.25, -0.2) is 18.2 Å². The van der Waals surface area contributed by atoms with Gasteiger partial charge in [-0.3, -0.25) is 0 Å². The molecule has 0 unspecified atom stereocenters. The van der Waals surface area contributed by atoms with Gasteiger partial charge in [0.05, 0.1) is 17.2 Å². The monoisotopic (exact) mass is 331 g/mol. The second-order valence-electron chi connectivity index (χ2n) is 4.07. The zero-order valence-electron chi connectivity index (χ0n) is 10.1. The highest BCUT2D eigenvalue weighted by Gasteiger charge is 2.18. The van der Waals surface area contributed by atoms with Crippen LogP contribution < -0.4 is 0 Å². The van der Waals surface area contributed by atoms with Crippen molar-refractivity contribution in [1.29, 1.82) is 0 Å². The van der Waals surface area contributed by atoms with Crippen LogP contribution in [-0.4, -0.2) is 24.5 Å². The summed E-state index contributed by atoms with van der Waals surface area (Å²) in [6, 6.07) is 6.70. The zero-order chi connectivity index (χ0) is 14.8. The smallest absolute Gasteiger partial charge is 0.365 e. The summed E-state index contributed by atoms with van der Waals surface area (Å²) in [7, 11) is -3.46. The molecule has 0 radical (unpaired) electrons. The summed E-state index contributed by atoms with van der Waals surface area (Å²) < 4.78 is 24.1. The van der Waals surface area contributed by atoms with E-state index >= 15 is 0 Å². The first-order chi connectivity index (χ1) is 9.37. The fraction of sp³-hybridized carbons (Fsp3) is 0.167. The second kappa shape index (κ2) is 5.90. The van der Waals surface area contributed by atoms with E-state index in [9.17, 15) is 13.2 Å². The molecule has 0 saturated carbocycles. The van der Waals surface area contributed by atoms with Gasteiger partial charge in [-0.2, -0.15) is 0 Å². The molecule has 0 aliphatic carbocycles. The van der Waals surface area contributed by atoms with Crippen molar-refractivity contribution in [2.75, 3.05) is 0 Å². The lowest BCUT2D eigenvalue weighted by Crippen LogP contribution is -2.08. The molecule has 0 aliphatic heterocycles. The van der Waals surface area contributed by atoms with E-state index in [1.54, 1.807) is 24.3 Å². The molecule has 0 bridgehead atoms. The number of carboxylic acid groups (broad SMARTS) is 1. The lowest BCUT2D eigenvalue weighted by molar-refractivity contribution is 0.0696. The van der Waals surface area contributed by atoms with Gasteiger partial charge in [0.1, 0.15) is 0 Å². The number of sulfone groups is 1. The fourth-order valence-electron chi connectivity index (χ4n) is 1.60. The number of hydrogen-bond donors (Lipinski definition) is 1. The molecule has 0 saturated heterocycles. The summed E-state index contributed by atoms with van der Waals surface area (Å²) in [4.78, 5) is 14.5. The van der Waals surface area contributed by atoms with Crippen molar-refractivity contribution in [2.24, 2.45) is 0 Å². The maximum Gasteiger partial charge on any atom is 0.365 e. The Morgan fingerprint density at radius 1 is 1.30 bits per heavy atom. The molecule has 0 spiro atoms. The van der Waals surface area contributed by atoms with Crippen molar-refractivity contribution >= 4 is 38.7 Å². The largest absolute Gasteiger partial charge is 0.476 e. The topological polar surface area (TPSA) is 84.3 Å². The van der Waals surface area contributed by atoms with Crippen LogP contribution in [0.2, 0.25) is 5.02 Å². The molecular formula is C12H10ClNO4S2. The van der Waals surface area contributed by atoms with Gasteiger partial charge in [0.2, 0.25) is 5.01 Å². The molecule has 8 heteroatoms. The minimum Gasteiger partial charge on any atom is -0.476 e. The molecule has 2 rings (SSSR count). The number of hydrogen-bond acceptors (Lipinski definition) is 5. The van der Waals surface area contributed by atoms with E-state index in [1.165, 1.54) is 5.38 Å². The number of rotatable bonds is 5. The molecule has 1 heterocycles. The normalized spacial score (nSPS) is 11.4. The number of benzene rings is 1. The summed E-state index contributed by atoms with van der Waals surface area (Å²) in [6.45, 7) is 0. The fourth-order valence-corrected chi connectivity index (χ4v) is 4.07. The van der Waals surface area contributed by atoms with Crippen LogP contribution in [0.1, 0.15) is 21.1 Å². The van der Waals surface area contributed by atoms with Crippen LogP contribution in [0, 0.1) is 0 Å². The number of aromatic carboxylic acids is 1. The van der Waals surface area contributed by atoms with Crippen LogP contribution in [0.25, 0.3) is 0 Å². The molecule has 20 heavy (non-hydrogen) atoms. The Kier molecular flexibility index (Phi) is 4.42. The number of nitrogens with zero attached hydrogens (tertiary/aromatic N) is 1. The van der Waals surface area contributed by atoms with Crippen LogP contribution in [-0.2, 0) is 21.3 Å². The Morgan fingerprint density at radius 2 is 2.00 bits per heavy atom. The third kappa shape index (κ3) is 3.78. The van der Waals surface area contributed by atoms with Crippen molar-refractivity contribution in [1.82, 2.24) is 4.98 Å². The maximum atomic E-state index is 12.1. The number of carboxylic acids is 1. The van der Waals surface area contributed by atoms with Crippen LogP contribution in [0.5, 0.6) is 0 Å². The van der Waals surface area contributed by atoms with Gasteiger partial charge in [-0.1, -0.05) is 29.8 Å². The van der Waals surface area contributed by atoms with Gasteiger partial charge in [0.15, 0.2) is 9.84 Å².